The second-order valence-corrected chi connectivity index (χ2v) is 5.96. The Balaban J connectivity index is 2.60. The highest BCUT2D eigenvalue weighted by Gasteiger charge is 2.64. The SMILES string of the molecule is CCOC(=O)C(NC(=O)c1c(F)cccc1F)(Nc1ccccc1C)C(F)(F)F. The first-order valence-corrected chi connectivity index (χ1v) is 8.37. The second-order valence-electron chi connectivity index (χ2n) is 5.96. The van der Waals surface area contributed by atoms with E-state index in [0.29, 0.717) is 17.7 Å². The normalized spacial score (nSPS) is 13.3. The summed E-state index contributed by atoms with van der Waals surface area (Å²) in [5.74, 6) is -6.45. The Morgan fingerprint density at radius 3 is 2.10 bits per heavy atom. The maximum atomic E-state index is 14.1. The first kappa shape index (κ1) is 22.1. The topological polar surface area (TPSA) is 67.4 Å². The number of anilines is 1. The van der Waals surface area contributed by atoms with Crippen molar-refractivity contribution in [3.63, 3.8) is 0 Å². The molecule has 2 rings (SSSR count). The number of hydrogen-bond acceptors (Lipinski definition) is 4. The zero-order chi connectivity index (χ0) is 21.8. The molecule has 2 aromatic rings. The summed E-state index contributed by atoms with van der Waals surface area (Å²) in [6.07, 6.45) is -5.43. The summed E-state index contributed by atoms with van der Waals surface area (Å²) >= 11 is 0. The van der Waals surface area contributed by atoms with Crippen molar-refractivity contribution in [2.45, 2.75) is 25.7 Å². The molecule has 0 aliphatic heterocycles. The average Bonchev–Trinajstić information content (AvgIpc) is 2.62. The van der Waals surface area contributed by atoms with Crippen LogP contribution in [0.4, 0.5) is 27.6 Å². The summed E-state index contributed by atoms with van der Waals surface area (Å²) in [6, 6.07) is 8.00. The third-order valence-electron chi connectivity index (χ3n) is 3.96. The fourth-order valence-corrected chi connectivity index (χ4v) is 2.49. The molecule has 1 amide bonds. The van der Waals surface area contributed by atoms with Crippen molar-refractivity contribution in [3.05, 3.63) is 65.2 Å². The zero-order valence-electron chi connectivity index (χ0n) is 15.4. The number of alkyl halides is 3. The number of amides is 1. The van der Waals surface area contributed by atoms with Gasteiger partial charge in [0.05, 0.1) is 6.61 Å². The predicted octanol–water partition coefficient (Wildman–Crippen LogP) is 3.94. The lowest BCUT2D eigenvalue weighted by Gasteiger charge is -2.35. The van der Waals surface area contributed by atoms with E-state index < -0.39 is 47.5 Å². The number of esters is 1. The minimum atomic E-state index is -5.43. The number of para-hydroxylation sites is 1. The number of carbonyl (C=O) groups is 2. The van der Waals surface area contributed by atoms with Gasteiger partial charge in [0.1, 0.15) is 17.2 Å². The van der Waals surface area contributed by atoms with Gasteiger partial charge < -0.3 is 15.4 Å². The molecule has 1 atom stereocenters. The van der Waals surface area contributed by atoms with E-state index in [0.717, 1.165) is 6.07 Å². The van der Waals surface area contributed by atoms with Crippen molar-refractivity contribution >= 4 is 17.6 Å². The minimum absolute atomic E-state index is 0.146. The Morgan fingerprint density at radius 2 is 1.59 bits per heavy atom. The number of nitrogens with one attached hydrogen (secondary N) is 2. The van der Waals surface area contributed by atoms with Crippen molar-refractivity contribution in [2.75, 3.05) is 11.9 Å². The number of rotatable bonds is 6. The monoisotopic (exact) mass is 416 g/mol. The molecule has 0 radical (unpaired) electrons. The quantitative estimate of drug-likeness (QED) is 0.425. The number of ether oxygens (including phenoxy) is 1. The Morgan fingerprint density at radius 1 is 1.00 bits per heavy atom. The molecule has 0 heterocycles. The maximum Gasteiger partial charge on any atom is 0.441 e. The molecule has 29 heavy (non-hydrogen) atoms. The highest BCUT2D eigenvalue weighted by atomic mass is 19.4. The van der Waals surface area contributed by atoms with Gasteiger partial charge in [-0.2, -0.15) is 13.2 Å². The fraction of sp³-hybridized carbons (Fsp3) is 0.263. The summed E-state index contributed by atoms with van der Waals surface area (Å²) in [6.45, 7) is 2.30. The van der Waals surface area contributed by atoms with Crippen molar-refractivity contribution in [1.82, 2.24) is 5.32 Å². The smallest absolute Gasteiger partial charge is 0.441 e. The van der Waals surface area contributed by atoms with E-state index in [1.165, 1.54) is 37.4 Å². The molecule has 0 saturated carbocycles. The molecular weight excluding hydrogens is 399 g/mol. The van der Waals surface area contributed by atoms with Crippen molar-refractivity contribution < 1.29 is 36.3 Å². The number of hydrogen-bond donors (Lipinski definition) is 2. The van der Waals surface area contributed by atoms with Gasteiger partial charge in [-0.15, -0.1) is 0 Å². The maximum absolute atomic E-state index is 14.1. The van der Waals surface area contributed by atoms with Gasteiger partial charge in [-0.3, -0.25) is 4.79 Å². The summed E-state index contributed by atoms with van der Waals surface area (Å²) in [5.41, 5.74) is -4.89. The van der Waals surface area contributed by atoms with E-state index in [1.807, 2.05) is 5.32 Å². The van der Waals surface area contributed by atoms with E-state index in [2.05, 4.69) is 4.74 Å². The standard InChI is InChI=1S/C19H17F5N2O3/c1-3-29-17(28)18(19(22,23)24,25-14-10-5-4-7-11(14)2)26-16(27)15-12(20)8-6-9-13(15)21/h4-10,25H,3H2,1-2H3,(H,26,27). The van der Waals surface area contributed by atoms with E-state index in [4.69, 9.17) is 0 Å². The lowest BCUT2D eigenvalue weighted by Crippen LogP contribution is -2.69. The Labute approximate surface area is 162 Å². The van der Waals surface area contributed by atoms with Crippen LogP contribution in [0.1, 0.15) is 22.8 Å². The van der Waals surface area contributed by atoms with Crippen LogP contribution < -0.4 is 10.6 Å². The average molecular weight is 416 g/mol. The third kappa shape index (κ3) is 4.47. The highest BCUT2D eigenvalue weighted by molar-refractivity contribution is 6.00. The van der Waals surface area contributed by atoms with Crippen LogP contribution in [0.25, 0.3) is 0 Å². The predicted molar refractivity (Wildman–Crippen MR) is 94.0 cm³/mol. The summed E-state index contributed by atoms with van der Waals surface area (Å²) in [7, 11) is 0. The van der Waals surface area contributed by atoms with Crippen LogP contribution in [0.3, 0.4) is 0 Å². The van der Waals surface area contributed by atoms with Gasteiger partial charge >= 0.3 is 17.8 Å². The molecule has 0 spiro atoms. The number of halogens is 5. The van der Waals surface area contributed by atoms with Crippen LogP contribution in [-0.2, 0) is 9.53 Å². The van der Waals surface area contributed by atoms with E-state index >= 15 is 0 Å². The van der Waals surface area contributed by atoms with Crippen LogP contribution >= 0.6 is 0 Å². The lowest BCUT2D eigenvalue weighted by molar-refractivity contribution is -0.204. The highest BCUT2D eigenvalue weighted by Crippen LogP contribution is 2.34. The van der Waals surface area contributed by atoms with Gasteiger partial charge in [0, 0.05) is 5.69 Å². The molecular formula is C19H17F5N2O3. The Kier molecular flexibility index (Phi) is 6.45. The van der Waals surface area contributed by atoms with Gasteiger partial charge in [-0.25, -0.2) is 13.6 Å². The van der Waals surface area contributed by atoms with Gasteiger partial charge in [-0.05, 0) is 37.6 Å². The molecule has 0 fully saturated rings. The van der Waals surface area contributed by atoms with E-state index in [-0.39, 0.29) is 5.69 Å². The van der Waals surface area contributed by atoms with Crippen LogP contribution in [0.2, 0.25) is 0 Å². The largest absolute Gasteiger partial charge is 0.463 e. The van der Waals surface area contributed by atoms with Gasteiger partial charge in [0.15, 0.2) is 0 Å². The van der Waals surface area contributed by atoms with Crippen molar-refractivity contribution in [3.8, 4) is 0 Å². The Hall–Kier alpha value is -3.17. The molecule has 156 valence electrons. The fourth-order valence-electron chi connectivity index (χ4n) is 2.49. The van der Waals surface area contributed by atoms with E-state index in [9.17, 15) is 31.5 Å². The molecule has 0 bridgehead atoms. The summed E-state index contributed by atoms with van der Waals surface area (Å²) < 4.78 is 74.5. The van der Waals surface area contributed by atoms with Gasteiger partial charge in [0.25, 0.3) is 5.91 Å². The van der Waals surface area contributed by atoms with Crippen molar-refractivity contribution in [2.24, 2.45) is 0 Å². The summed E-state index contributed by atoms with van der Waals surface area (Å²) in [5, 5.41) is 3.35. The molecule has 0 aromatic heterocycles. The van der Waals surface area contributed by atoms with Crippen LogP contribution in [0.15, 0.2) is 42.5 Å². The lowest BCUT2D eigenvalue weighted by atomic mass is 10.1. The van der Waals surface area contributed by atoms with Crippen LogP contribution in [-0.4, -0.2) is 30.3 Å². The molecule has 5 nitrogen and oxygen atoms in total. The van der Waals surface area contributed by atoms with Gasteiger partial charge in [-0.1, -0.05) is 24.3 Å². The third-order valence-corrected chi connectivity index (χ3v) is 3.96. The molecule has 1 unspecified atom stereocenters. The summed E-state index contributed by atoms with van der Waals surface area (Å²) in [4.78, 5) is 24.8. The van der Waals surface area contributed by atoms with E-state index in [1.54, 1.807) is 6.07 Å². The molecule has 2 aromatic carbocycles. The number of benzene rings is 2. The Bertz CT molecular complexity index is 897. The molecule has 2 N–H and O–H groups in total. The second kappa shape index (κ2) is 8.46. The first-order valence-electron chi connectivity index (χ1n) is 8.37. The van der Waals surface area contributed by atoms with Crippen molar-refractivity contribution in [1.29, 1.82) is 0 Å². The number of carbonyl (C=O) groups excluding carboxylic acids is 2. The molecule has 0 saturated heterocycles. The first-order chi connectivity index (χ1) is 13.5. The number of aryl methyl sites for hydroxylation is 1. The zero-order valence-corrected chi connectivity index (χ0v) is 15.4. The molecule has 0 aliphatic rings. The van der Waals surface area contributed by atoms with Gasteiger partial charge in [0.2, 0.25) is 0 Å². The van der Waals surface area contributed by atoms with Crippen LogP contribution in [0.5, 0.6) is 0 Å². The molecule has 10 heteroatoms. The molecule has 0 aliphatic carbocycles. The minimum Gasteiger partial charge on any atom is -0.463 e. The van der Waals surface area contributed by atoms with Crippen LogP contribution in [0, 0.1) is 18.6 Å².